The molecule has 0 amide bonds. The van der Waals surface area contributed by atoms with E-state index >= 15 is 0 Å². The fraction of sp³-hybridized carbons (Fsp3) is 0.889. The van der Waals surface area contributed by atoms with Crippen molar-refractivity contribution in [2.45, 2.75) is 64.8 Å². The predicted octanol–water partition coefficient (Wildman–Crippen LogP) is 2.77. The number of ketones is 1. The SMILES string of the molecule is CCOC(=O)C1C(=O)C[C@@H]2[C@@H](CO[Si](C)(C)C(C)(C)C)[C@H](O)C[C@H]12. The average molecular weight is 357 g/mol. The van der Waals surface area contributed by atoms with Crippen molar-refractivity contribution in [2.75, 3.05) is 13.2 Å². The van der Waals surface area contributed by atoms with E-state index in [0.29, 0.717) is 19.4 Å². The largest absolute Gasteiger partial charge is 0.465 e. The van der Waals surface area contributed by atoms with E-state index in [-0.39, 0.29) is 35.2 Å². The van der Waals surface area contributed by atoms with Gasteiger partial charge in [0.2, 0.25) is 0 Å². The Morgan fingerprint density at radius 1 is 1.29 bits per heavy atom. The Bertz CT molecular complexity index is 496. The molecular weight excluding hydrogens is 324 g/mol. The second-order valence-electron chi connectivity index (χ2n) is 8.77. The number of hydrogen-bond donors (Lipinski definition) is 1. The van der Waals surface area contributed by atoms with Crippen LogP contribution < -0.4 is 0 Å². The van der Waals surface area contributed by atoms with E-state index in [2.05, 4.69) is 33.9 Å². The van der Waals surface area contributed by atoms with Crippen LogP contribution in [0.25, 0.3) is 0 Å². The zero-order valence-corrected chi connectivity index (χ0v) is 16.8. The van der Waals surface area contributed by atoms with Crippen LogP contribution in [0.5, 0.6) is 0 Å². The van der Waals surface area contributed by atoms with E-state index in [1.54, 1.807) is 6.92 Å². The van der Waals surface area contributed by atoms with E-state index in [0.717, 1.165) is 0 Å². The lowest BCUT2D eigenvalue weighted by molar-refractivity contribution is -0.152. The highest BCUT2D eigenvalue weighted by molar-refractivity contribution is 6.74. The standard InChI is InChI=1S/C18H32O5Si/c1-7-22-17(21)16-12-9-14(19)13(11(12)8-15(16)20)10-23-24(5,6)18(2,3)4/h11-14,16,19H,7-10H2,1-6H3/t11-,12-,13+,14+,16?/m0/s1. The summed E-state index contributed by atoms with van der Waals surface area (Å²) < 4.78 is 11.4. The minimum atomic E-state index is -1.90. The van der Waals surface area contributed by atoms with Crippen LogP contribution in [-0.2, 0) is 18.8 Å². The van der Waals surface area contributed by atoms with E-state index < -0.39 is 26.3 Å². The number of aliphatic hydroxyl groups excluding tert-OH is 1. The van der Waals surface area contributed by atoms with Crippen molar-refractivity contribution >= 4 is 20.1 Å². The summed E-state index contributed by atoms with van der Waals surface area (Å²) in [5.74, 6) is -1.28. The van der Waals surface area contributed by atoms with Crippen LogP contribution in [-0.4, -0.2) is 44.5 Å². The van der Waals surface area contributed by atoms with Gasteiger partial charge in [0.15, 0.2) is 8.32 Å². The third kappa shape index (κ3) is 3.60. The lowest BCUT2D eigenvalue weighted by Crippen LogP contribution is -2.43. The van der Waals surface area contributed by atoms with Crippen LogP contribution in [0, 0.1) is 23.7 Å². The Kier molecular flexibility index (Phi) is 5.62. The molecule has 0 bridgehead atoms. The van der Waals surface area contributed by atoms with Crippen molar-refractivity contribution in [1.82, 2.24) is 0 Å². The highest BCUT2D eigenvalue weighted by Gasteiger charge is 2.56. The molecular formula is C18H32O5Si. The molecule has 0 saturated heterocycles. The number of aliphatic hydroxyl groups is 1. The number of rotatable bonds is 5. The number of ether oxygens (including phenoxy) is 1. The molecule has 2 aliphatic carbocycles. The molecule has 2 saturated carbocycles. The summed E-state index contributed by atoms with van der Waals surface area (Å²) in [4.78, 5) is 24.4. The van der Waals surface area contributed by atoms with Crippen LogP contribution in [0.2, 0.25) is 18.1 Å². The Morgan fingerprint density at radius 3 is 2.46 bits per heavy atom. The highest BCUT2D eigenvalue weighted by Crippen LogP contribution is 2.50. The van der Waals surface area contributed by atoms with Gasteiger partial charge in [-0.3, -0.25) is 9.59 Å². The van der Waals surface area contributed by atoms with Gasteiger partial charge in [-0.15, -0.1) is 0 Å². The maximum Gasteiger partial charge on any atom is 0.316 e. The first-order valence-electron chi connectivity index (χ1n) is 9.01. The number of carbonyl (C=O) groups is 2. The van der Waals surface area contributed by atoms with Gasteiger partial charge in [0, 0.05) is 18.9 Å². The Morgan fingerprint density at radius 2 is 1.92 bits per heavy atom. The second kappa shape index (κ2) is 6.88. The summed E-state index contributed by atoms with van der Waals surface area (Å²) in [6.45, 7) is 13.4. The molecule has 2 aliphatic rings. The van der Waals surface area contributed by atoms with Gasteiger partial charge < -0.3 is 14.3 Å². The lowest BCUT2D eigenvalue weighted by atomic mass is 9.89. The van der Waals surface area contributed by atoms with Gasteiger partial charge in [-0.2, -0.15) is 0 Å². The van der Waals surface area contributed by atoms with Crippen LogP contribution in [0.3, 0.4) is 0 Å². The first-order valence-corrected chi connectivity index (χ1v) is 11.9. The van der Waals surface area contributed by atoms with Gasteiger partial charge >= 0.3 is 5.97 Å². The average Bonchev–Trinajstić information content (AvgIpc) is 2.89. The summed E-state index contributed by atoms with van der Waals surface area (Å²) in [5.41, 5.74) is 0. The summed E-state index contributed by atoms with van der Waals surface area (Å²) in [6, 6.07) is 0. The minimum Gasteiger partial charge on any atom is -0.465 e. The van der Waals surface area contributed by atoms with Crippen LogP contribution >= 0.6 is 0 Å². The summed E-state index contributed by atoms with van der Waals surface area (Å²) >= 11 is 0. The zero-order valence-electron chi connectivity index (χ0n) is 15.8. The number of esters is 1. The van der Waals surface area contributed by atoms with Gasteiger partial charge in [0.25, 0.3) is 0 Å². The molecule has 5 nitrogen and oxygen atoms in total. The normalized spacial score (nSPS) is 33.6. The van der Waals surface area contributed by atoms with Crippen LogP contribution in [0.4, 0.5) is 0 Å². The summed E-state index contributed by atoms with van der Waals surface area (Å²) in [6.07, 6.45) is 0.345. The number of fused-ring (bicyclic) bond motifs is 1. The van der Waals surface area contributed by atoms with Crippen LogP contribution in [0.15, 0.2) is 0 Å². The Balaban J connectivity index is 2.07. The fourth-order valence-corrected chi connectivity index (χ4v) is 4.85. The maximum atomic E-state index is 12.3. The van der Waals surface area contributed by atoms with Crippen molar-refractivity contribution < 1.29 is 23.9 Å². The molecule has 0 spiro atoms. The van der Waals surface area contributed by atoms with Crippen molar-refractivity contribution in [3.05, 3.63) is 0 Å². The monoisotopic (exact) mass is 356 g/mol. The minimum absolute atomic E-state index is 0.0340. The molecule has 0 aromatic heterocycles. The maximum absolute atomic E-state index is 12.3. The van der Waals surface area contributed by atoms with Crippen molar-refractivity contribution in [3.8, 4) is 0 Å². The Hall–Kier alpha value is -0.723. The van der Waals surface area contributed by atoms with Crippen LogP contribution in [0.1, 0.15) is 40.5 Å². The highest BCUT2D eigenvalue weighted by atomic mass is 28.4. The van der Waals surface area contributed by atoms with Gasteiger partial charge in [-0.1, -0.05) is 20.8 Å². The first-order chi connectivity index (χ1) is 11.0. The molecule has 1 N–H and O–H groups in total. The lowest BCUT2D eigenvalue weighted by Gasteiger charge is -2.37. The zero-order chi connectivity index (χ0) is 18.3. The number of hydrogen-bond acceptors (Lipinski definition) is 5. The summed E-state index contributed by atoms with van der Waals surface area (Å²) in [5, 5.41) is 10.6. The quantitative estimate of drug-likeness (QED) is 0.466. The third-order valence-electron chi connectivity index (χ3n) is 6.30. The number of Topliss-reactive ketones (excluding diaryl/α,β-unsaturated/α-hetero) is 1. The predicted molar refractivity (Wildman–Crippen MR) is 94.0 cm³/mol. The fourth-order valence-electron chi connectivity index (χ4n) is 3.81. The Labute approximate surface area is 146 Å². The molecule has 5 atom stereocenters. The van der Waals surface area contributed by atoms with Crippen molar-refractivity contribution in [3.63, 3.8) is 0 Å². The second-order valence-corrected chi connectivity index (χ2v) is 13.6. The van der Waals surface area contributed by atoms with Crippen molar-refractivity contribution in [2.24, 2.45) is 23.7 Å². The van der Waals surface area contributed by atoms with Crippen molar-refractivity contribution in [1.29, 1.82) is 0 Å². The smallest absolute Gasteiger partial charge is 0.316 e. The van der Waals surface area contributed by atoms with E-state index in [4.69, 9.17) is 9.16 Å². The molecule has 0 aromatic rings. The van der Waals surface area contributed by atoms with E-state index in [1.807, 2.05) is 0 Å². The van der Waals surface area contributed by atoms with E-state index in [1.165, 1.54) is 0 Å². The molecule has 0 aliphatic heterocycles. The molecule has 2 rings (SSSR count). The number of carbonyl (C=O) groups excluding carboxylic acids is 2. The van der Waals surface area contributed by atoms with Gasteiger partial charge in [0.1, 0.15) is 11.7 Å². The molecule has 24 heavy (non-hydrogen) atoms. The molecule has 1 unspecified atom stereocenters. The topological polar surface area (TPSA) is 72.8 Å². The first kappa shape index (κ1) is 19.6. The summed E-state index contributed by atoms with van der Waals surface area (Å²) in [7, 11) is -1.90. The molecule has 0 aromatic carbocycles. The molecule has 6 heteroatoms. The van der Waals surface area contributed by atoms with Gasteiger partial charge in [-0.05, 0) is 43.3 Å². The molecule has 138 valence electrons. The van der Waals surface area contributed by atoms with E-state index in [9.17, 15) is 14.7 Å². The molecule has 0 radical (unpaired) electrons. The van der Waals surface area contributed by atoms with Gasteiger partial charge in [-0.25, -0.2) is 0 Å². The van der Waals surface area contributed by atoms with Gasteiger partial charge in [0.05, 0.1) is 12.7 Å². The third-order valence-corrected chi connectivity index (χ3v) is 10.8. The molecule has 2 fully saturated rings. The molecule has 0 heterocycles.